The van der Waals surface area contributed by atoms with Crippen LogP contribution in [0.3, 0.4) is 0 Å². The van der Waals surface area contributed by atoms with Gasteiger partial charge in [-0.1, -0.05) is 41.8 Å². The molecule has 2 fully saturated rings. The minimum Gasteiger partial charge on any atom is -0.338 e. The Bertz CT molecular complexity index is 954. The first kappa shape index (κ1) is 20.2. The van der Waals surface area contributed by atoms with Crippen LogP contribution < -0.4 is 0 Å². The maximum absolute atomic E-state index is 13.4. The number of nitrogens with zero attached hydrogens (tertiary/aromatic N) is 2. The first-order valence-corrected chi connectivity index (χ1v) is 10.5. The van der Waals surface area contributed by atoms with Gasteiger partial charge >= 0.3 is 0 Å². The molecule has 2 aromatic rings. The highest BCUT2D eigenvalue weighted by molar-refractivity contribution is 6.33. The fourth-order valence-corrected chi connectivity index (χ4v) is 4.63. The molecule has 0 aromatic heterocycles. The second-order valence-corrected chi connectivity index (χ2v) is 8.50. The van der Waals surface area contributed by atoms with Gasteiger partial charge in [0.1, 0.15) is 5.82 Å². The molecule has 1 heterocycles. The zero-order chi connectivity index (χ0) is 20.6. The van der Waals surface area contributed by atoms with Gasteiger partial charge in [0.15, 0.2) is 0 Å². The van der Waals surface area contributed by atoms with Crippen molar-refractivity contribution in [2.24, 2.45) is 0 Å². The smallest absolute Gasteiger partial charge is 0.255 e. The van der Waals surface area contributed by atoms with Crippen LogP contribution in [0.5, 0.6) is 0 Å². The van der Waals surface area contributed by atoms with Crippen LogP contribution >= 0.6 is 23.2 Å². The van der Waals surface area contributed by atoms with E-state index in [0.29, 0.717) is 31.2 Å². The highest BCUT2D eigenvalue weighted by atomic mass is 35.5. The summed E-state index contributed by atoms with van der Waals surface area (Å²) >= 11 is 12.2. The van der Waals surface area contributed by atoms with E-state index >= 15 is 0 Å². The molecule has 2 amide bonds. The summed E-state index contributed by atoms with van der Waals surface area (Å²) in [5, 5.41) is 0.732. The Morgan fingerprint density at radius 2 is 1.62 bits per heavy atom. The fraction of sp³-hybridized carbons (Fsp3) is 0.364. The molecule has 0 N–H and O–H groups in total. The Morgan fingerprint density at radius 3 is 2.21 bits per heavy atom. The summed E-state index contributed by atoms with van der Waals surface area (Å²) in [6, 6.07) is 11.3. The van der Waals surface area contributed by atoms with Crippen LogP contribution in [0.1, 0.15) is 35.2 Å². The first-order chi connectivity index (χ1) is 13.9. The average Bonchev–Trinajstić information content (AvgIpc) is 2.67. The molecular formula is C22H21Cl2FN2O2. The van der Waals surface area contributed by atoms with Gasteiger partial charge in [-0.25, -0.2) is 4.39 Å². The van der Waals surface area contributed by atoms with Gasteiger partial charge in [-0.2, -0.15) is 0 Å². The van der Waals surface area contributed by atoms with E-state index in [2.05, 4.69) is 0 Å². The summed E-state index contributed by atoms with van der Waals surface area (Å²) in [6.07, 6.45) is 2.65. The summed E-state index contributed by atoms with van der Waals surface area (Å²) in [5.41, 5.74) is 0.747. The topological polar surface area (TPSA) is 40.6 Å². The van der Waals surface area contributed by atoms with Gasteiger partial charge in [0.25, 0.3) is 5.91 Å². The number of rotatable bonds is 3. The molecule has 7 heteroatoms. The van der Waals surface area contributed by atoms with Crippen molar-refractivity contribution >= 4 is 35.0 Å². The monoisotopic (exact) mass is 434 g/mol. The van der Waals surface area contributed by atoms with Crippen molar-refractivity contribution in [1.82, 2.24) is 9.80 Å². The van der Waals surface area contributed by atoms with E-state index in [0.717, 1.165) is 30.9 Å². The van der Waals surface area contributed by atoms with Crippen LogP contribution in [-0.4, -0.2) is 47.8 Å². The van der Waals surface area contributed by atoms with Gasteiger partial charge in [0.05, 0.1) is 16.0 Å². The van der Waals surface area contributed by atoms with E-state index in [4.69, 9.17) is 23.2 Å². The van der Waals surface area contributed by atoms with E-state index in [1.54, 1.807) is 4.90 Å². The number of hydrogen-bond acceptors (Lipinski definition) is 2. The van der Waals surface area contributed by atoms with E-state index in [-0.39, 0.29) is 22.4 Å². The number of carbonyl (C=O) groups is 2. The SMILES string of the molecule is O=C(c1ccc(F)cc1Cl)N1CCN(C(=O)C2(c3cccc(Cl)c3)CCC2)CC1. The summed E-state index contributed by atoms with van der Waals surface area (Å²) in [5.74, 6) is -0.609. The van der Waals surface area contributed by atoms with Crippen molar-refractivity contribution in [2.75, 3.05) is 26.2 Å². The van der Waals surface area contributed by atoms with Gasteiger partial charge in [0, 0.05) is 31.2 Å². The van der Waals surface area contributed by atoms with Gasteiger partial charge in [-0.05, 0) is 48.7 Å². The van der Waals surface area contributed by atoms with Crippen molar-refractivity contribution in [1.29, 1.82) is 0 Å². The van der Waals surface area contributed by atoms with E-state index in [1.165, 1.54) is 12.1 Å². The van der Waals surface area contributed by atoms with Gasteiger partial charge in [-0.15, -0.1) is 0 Å². The molecule has 0 atom stereocenters. The Labute approximate surface area is 179 Å². The molecule has 1 aliphatic carbocycles. The van der Waals surface area contributed by atoms with Crippen molar-refractivity contribution in [3.05, 3.63) is 69.5 Å². The number of carbonyl (C=O) groups excluding carboxylic acids is 2. The van der Waals surface area contributed by atoms with Gasteiger partial charge < -0.3 is 9.80 Å². The minimum atomic E-state index is -0.503. The molecule has 2 aliphatic rings. The molecule has 0 bridgehead atoms. The van der Waals surface area contributed by atoms with E-state index < -0.39 is 11.2 Å². The number of amides is 2. The van der Waals surface area contributed by atoms with Crippen LogP contribution in [0.25, 0.3) is 0 Å². The summed E-state index contributed by atoms with van der Waals surface area (Å²) in [6.45, 7) is 1.77. The predicted octanol–water partition coefficient (Wildman–Crippen LogP) is 4.54. The largest absolute Gasteiger partial charge is 0.338 e. The van der Waals surface area contributed by atoms with Crippen LogP contribution in [0.4, 0.5) is 4.39 Å². The molecule has 29 heavy (non-hydrogen) atoms. The third kappa shape index (κ3) is 3.74. The van der Waals surface area contributed by atoms with Gasteiger partial charge in [0.2, 0.25) is 5.91 Å². The molecule has 1 saturated carbocycles. The first-order valence-electron chi connectivity index (χ1n) is 9.70. The second-order valence-electron chi connectivity index (χ2n) is 7.65. The molecule has 1 aliphatic heterocycles. The van der Waals surface area contributed by atoms with Crippen LogP contribution in [0, 0.1) is 5.82 Å². The fourth-order valence-electron chi connectivity index (χ4n) is 4.19. The number of hydrogen-bond donors (Lipinski definition) is 0. The quantitative estimate of drug-likeness (QED) is 0.711. The van der Waals surface area contributed by atoms with E-state index in [1.807, 2.05) is 29.2 Å². The Balaban J connectivity index is 1.45. The Morgan fingerprint density at radius 1 is 0.931 bits per heavy atom. The zero-order valence-corrected chi connectivity index (χ0v) is 17.3. The van der Waals surface area contributed by atoms with Crippen LogP contribution in [-0.2, 0) is 10.2 Å². The van der Waals surface area contributed by atoms with Crippen molar-refractivity contribution < 1.29 is 14.0 Å². The highest BCUT2D eigenvalue weighted by Gasteiger charge is 2.48. The van der Waals surface area contributed by atoms with Crippen LogP contribution in [0.2, 0.25) is 10.0 Å². The molecule has 152 valence electrons. The lowest BCUT2D eigenvalue weighted by molar-refractivity contribution is -0.142. The van der Waals surface area contributed by atoms with Crippen LogP contribution in [0.15, 0.2) is 42.5 Å². The molecule has 4 nitrogen and oxygen atoms in total. The third-order valence-electron chi connectivity index (χ3n) is 6.01. The zero-order valence-electron chi connectivity index (χ0n) is 15.8. The normalized spacial score (nSPS) is 18.3. The maximum Gasteiger partial charge on any atom is 0.255 e. The molecule has 0 spiro atoms. The Kier molecular flexibility index (Phi) is 5.54. The number of halogens is 3. The number of benzene rings is 2. The lowest BCUT2D eigenvalue weighted by Crippen LogP contribution is -2.57. The minimum absolute atomic E-state index is 0.0999. The molecule has 0 unspecified atom stereocenters. The molecule has 4 rings (SSSR count). The molecule has 2 aromatic carbocycles. The Hall–Kier alpha value is -2.11. The highest BCUT2D eigenvalue weighted by Crippen LogP contribution is 2.45. The summed E-state index contributed by atoms with van der Waals surface area (Å²) < 4.78 is 13.2. The lowest BCUT2D eigenvalue weighted by atomic mass is 9.63. The van der Waals surface area contributed by atoms with Crippen molar-refractivity contribution in [3.8, 4) is 0 Å². The second kappa shape index (κ2) is 7.96. The van der Waals surface area contributed by atoms with E-state index in [9.17, 15) is 14.0 Å². The van der Waals surface area contributed by atoms with Gasteiger partial charge in [-0.3, -0.25) is 9.59 Å². The standard InChI is InChI=1S/C22H21Cl2FN2O2/c23-16-4-1-3-15(13-16)22(7-2-8-22)21(29)27-11-9-26(10-12-27)20(28)18-6-5-17(25)14-19(18)24/h1,3-6,13-14H,2,7-12H2. The summed E-state index contributed by atoms with van der Waals surface area (Å²) in [7, 11) is 0. The molecule has 1 saturated heterocycles. The average molecular weight is 435 g/mol. The number of piperazine rings is 1. The van der Waals surface area contributed by atoms with Crippen molar-refractivity contribution in [3.63, 3.8) is 0 Å². The molecular weight excluding hydrogens is 414 g/mol. The summed E-state index contributed by atoms with van der Waals surface area (Å²) in [4.78, 5) is 29.6. The molecule has 0 radical (unpaired) electrons. The lowest BCUT2D eigenvalue weighted by Gasteiger charge is -2.46. The predicted molar refractivity (Wildman–Crippen MR) is 111 cm³/mol. The van der Waals surface area contributed by atoms with Crippen molar-refractivity contribution in [2.45, 2.75) is 24.7 Å². The third-order valence-corrected chi connectivity index (χ3v) is 6.56. The maximum atomic E-state index is 13.4.